The predicted molar refractivity (Wildman–Crippen MR) is 59.5 cm³/mol. The smallest absolute Gasteiger partial charge is 0.128 e. The van der Waals surface area contributed by atoms with Gasteiger partial charge in [0.25, 0.3) is 0 Å². The quantitative estimate of drug-likeness (QED) is 0.523. The van der Waals surface area contributed by atoms with Gasteiger partial charge in [0.05, 0.1) is 0 Å². The van der Waals surface area contributed by atoms with Crippen LogP contribution in [0.2, 0.25) is 0 Å². The fourth-order valence-corrected chi connectivity index (χ4v) is 1.09. The molecule has 0 saturated heterocycles. The molecule has 1 rings (SSSR count). The highest BCUT2D eigenvalue weighted by Crippen LogP contribution is 2.10. The highest BCUT2D eigenvalue weighted by Gasteiger charge is 1.98. The first-order valence-electron chi connectivity index (χ1n) is 4.72. The van der Waals surface area contributed by atoms with Gasteiger partial charge in [-0.05, 0) is 17.6 Å². The average Bonchev–Trinajstić information content (AvgIpc) is 2.20. The van der Waals surface area contributed by atoms with E-state index in [4.69, 9.17) is 0 Å². The Morgan fingerprint density at radius 2 is 1.93 bits per heavy atom. The zero-order valence-electron chi connectivity index (χ0n) is 8.53. The van der Waals surface area contributed by atoms with Crippen molar-refractivity contribution >= 4 is 12.0 Å². The van der Waals surface area contributed by atoms with Crippen molar-refractivity contribution in [1.82, 2.24) is 0 Å². The fraction of sp³-hybridized carbons (Fsp3) is 0.231. The number of carbonyl (C=O) groups excluding carboxylic acids is 1. The van der Waals surface area contributed by atoms with E-state index in [2.05, 4.69) is 0 Å². The van der Waals surface area contributed by atoms with Crippen LogP contribution in [0.1, 0.15) is 19.4 Å². The van der Waals surface area contributed by atoms with Gasteiger partial charge in [0.1, 0.15) is 5.94 Å². The lowest BCUT2D eigenvalue weighted by Crippen LogP contribution is -1.90. The van der Waals surface area contributed by atoms with E-state index in [-0.39, 0.29) is 5.92 Å². The topological polar surface area (TPSA) is 17.1 Å². The van der Waals surface area contributed by atoms with Crippen LogP contribution in [0.15, 0.2) is 42.0 Å². The number of allylic oxidation sites excluding steroid dienone is 2. The molecular weight excluding hydrogens is 172 g/mol. The number of rotatable bonds is 3. The summed E-state index contributed by atoms with van der Waals surface area (Å²) in [4.78, 5) is 10.6. The molecule has 1 heteroatoms. The first-order chi connectivity index (χ1) is 6.74. The molecule has 0 N–H and O–H groups in total. The van der Waals surface area contributed by atoms with Crippen LogP contribution in [0.25, 0.3) is 6.08 Å². The van der Waals surface area contributed by atoms with Crippen molar-refractivity contribution in [2.75, 3.05) is 0 Å². The number of hydrogen-bond donors (Lipinski definition) is 0. The summed E-state index contributed by atoms with van der Waals surface area (Å²) in [5.41, 5.74) is 1.80. The van der Waals surface area contributed by atoms with Crippen LogP contribution in [0.4, 0.5) is 0 Å². The van der Waals surface area contributed by atoms with Crippen molar-refractivity contribution < 1.29 is 4.79 Å². The Balaban J connectivity index is 2.79. The molecule has 0 bridgehead atoms. The summed E-state index contributed by atoms with van der Waals surface area (Å²) >= 11 is 0. The summed E-state index contributed by atoms with van der Waals surface area (Å²) in [6.07, 6.45) is 3.76. The minimum Gasteiger partial charge on any atom is -0.233 e. The van der Waals surface area contributed by atoms with E-state index in [0.29, 0.717) is 5.57 Å². The van der Waals surface area contributed by atoms with Gasteiger partial charge in [-0.1, -0.05) is 50.3 Å². The minimum atomic E-state index is 0.229. The van der Waals surface area contributed by atoms with E-state index in [0.717, 1.165) is 5.56 Å². The minimum absolute atomic E-state index is 0.229. The number of benzene rings is 1. The molecule has 0 aliphatic carbocycles. The maximum Gasteiger partial charge on any atom is 0.128 e. The van der Waals surface area contributed by atoms with Gasteiger partial charge >= 0.3 is 0 Å². The SMILES string of the molecule is CC(C)C(=C=O)/C=C/c1ccccc1. The fourth-order valence-electron chi connectivity index (χ4n) is 1.09. The molecule has 0 aliphatic rings. The largest absolute Gasteiger partial charge is 0.233 e. The van der Waals surface area contributed by atoms with Gasteiger partial charge < -0.3 is 0 Å². The van der Waals surface area contributed by atoms with Crippen LogP contribution in [0.3, 0.4) is 0 Å². The second-order valence-electron chi connectivity index (χ2n) is 3.46. The second-order valence-corrected chi connectivity index (χ2v) is 3.46. The van der Waals surface area contributed by atoms with Crippen molar-refractivity contribution in [2.45, 2.75) is 13.8 Å². The summed E-state index contributed by atoms with van der Waals surface area (Å²) in [5.74, 6) is 2.18. The molecule has 14 heavy (non-hydrogen) atoms. The lowest BCUT2D eigenvalue weighted by atomic mass is 10.0. The molecule has 0 amide bonds. The molecule has 0 aliphatic heterocycles. The molecule has 0 unspecified atom stereocenters. The van der Waals surface area contributed by atoms with Gasteiger partial charge in [-0.3, -0.25) is 0 Å². The first-order valence-corrected chi connectivity index (χ1v) is 4.72. The van der Waals surface area contributed by atoms with Crippen molar-refractivity contribution in [3.8, 4) is 0 Å². The van der Waals surface area contributed by atoms with Crippen molar-refractivity contribution in [2.24, 2.45) is 5.92 Å². The summed E-state index contributed by atoms with van der Waals surface area (Å²) in [6, 6.07) is 9.91. The summed E-state index contributed by atoms with van der Waals surface area (Å²) in [7, 11) is 0. The van der Waals surface area contributed by atoms with Crippen LogP contribution in [0.5, 0.6) is 0 Å². The van der Waals surface area contributed by atoms with Crippen LogP contribution >= 0.6 is 0 Å². The monoisotopic (exact) mass is 186 g/mol. The molecule has 1 aromatic rings. The van der Waals surface area contributed by atoms with Gasteiger partial charge in [-0.2, -0.15) is 0 Å². The highest BCUT2D eigenvalue weighted by atomic mass is 16.1. The maximum atomic E-state index is 10.6. The lowest BCUT2D eigenvalue weighted by molar-refractivity contribution is 0.564. The Bertz CT molecular complexity index is 354. The summed E-state index contributed by atoms with van der Waals surface area (Å²) in [5, 5.41) is 0. The summed E-state index contributed by atoms with van der Waals surface area (Å²) in [6.45, 7) is 3.96. The zero-order valence-corrected chi connectivity index (χ0v) is 8.53. The standard InChI is InChI=1S/C13H14O/c1-11(2)13(10-14)9-8-12-6-4-3-5-7-12/h3-9,11H,1-2H3/b9-8+. The van der Waals surface area contributed by atoms with Gasteiger partial charge in [0, 0.05) is 5.57 Å². The third kappa shape index (κ3) is 3.04. The Morgan fingerprint density at radius 1 is 1.29 bits per heavy atom. The van der Waals surface area contributed by atoms with E-state index >= 15 is 0 Å². The van der Waals surface area contributed by atoms with Crippen LogP contribution in [-0.2, 0) is 4.79 Å². The third-order valence-electron chi connectivity index (χ3n) is 1.99. The zero-order chi connectivity index (χ0) is 10.4. The number of hydrogen-bond acceptors (Lipinski definition) is 1. The molecule has 0 atom stereocenters. The van der Waals surface area contributed by atoms with E-state index < -0.39 is 0 Å². The second kappa shape index (κ2) is 5.21. The molecule has 0 spiro atoms. The average molecular weight is 186 g/mol. The molecule has 0 radical (unpaired) electrons. The third-order valence-corrected chi connectivity index (χ3v) is 1.99. The van der Waals surface area contributed by atoms with Crippen LogP contribution in [0, 0.1) is 5.92 Å². The van der Waals surface area contributed by atoms with Crippen molar-refractivity contribution in [1.29, 1.82) is 0 Å². The molecule has 1 aromatic carbocycles. The van der Waals surface area contributed by atoms with Gasteiger partial charge in [0.2, 0.25) is 0 Å². The highest BCUT2D eigenvalue weighted by molar-refractivity contribution is 5.63. The Kier molecular flexibility index (Phi) is 3.90. The lowest BCUT2D eigenvalue weighted by Gasteiger charge is -1.99. The van der Waals surface area contributed by atoms with Crippen LogP contribution < -0.4 is 0 Å². The predicted octanol–water partition coefficient (Wildman–Crippen LogP) is 3.11. The van der Waals surface area contributed by atoms with E-state index in [9.17, 15) is 4.79 Å². The maximum absolute atomic E-state index is 10.6. The molecule has 1 nitrogen and oxygen atoms in total. The summed E-state index contributed by atoms with van der Waals surface area (Å²) < 4.78 is 0. The molecule has 72 valence electrons. The molecule has 0 saturated carbocycles. The molecule has 0 heterocycles. The van der Waals surface area contributed by atoms with Crippen LogP contribution in [-0.4, -0.2) is 5.94 Å². The van der Waals surface area contributed by atoms with Crippen molar-refractivity contribution in [3.05, 3.63) is 47.5 Å². The Morgan fingerprint density at radius 3 is 2.43 bits per heavy atom. The van der Waals surface area contributed by atoms with E-state index in [1.165, 1.54) is 0 Å². The Labute approximate surface area is 84.8 Å². The van der Waals surface area contributed by atoms with Gasteiger partial charge in [-0.15, -0.1) is 0 Å². The Hall–Kier alpha value is -1.59. The van der Waals surface area contributed by atoms with Crippen molar-refractivity contribution in [3.63, 3.8) is 0 Å². The molecule has 0 fully saturated rings. The van der Waals surface area contributed by atoms with E-state index in [1.54, 1.807) is 0 Å². The molecular formula is C13H14O. The normalized spacial score (nSPS) is 10.5. The molecule has 0 aromatic heterocycles. The first kappa shape index (κ1) is 10.5. The van der Waals surface area contributed by atoms with Gasteiger partial charge in [-0.25, -0.2) is 4.79 Å². The van der Waals surface area contributed by atoms with Gasteiger partial charge in [0.15, 0.2) is 0 Å². The van der Waals surface area contributed by atoms with E-state index in [1.807, 2.05) is 62.3 Å².